The van der Waals surface area contributed by atoms with E-state index in [9.17, 15) is 4.79 Å². The Hall–Kier alpha value is -1.35. The Balaban J connectivity index is 2.27. The fraction of sp³-hybridized carbons (Fsp3) is 0.462. The standard InChI is InChI=1S/C13H18N2O/c1-9-4-3-5-10(2)12(9)13(16)15-7-6-11(14)8-15/h3-5,11H,6-8,14H2,1-2H3. The molecule has 3 heteroatoms. The van der Waals surface area contributed by atoms with Crippen LogP contribution in [0.4, 0.5) is 0 Å². The lowest BCUT2D eigenvalue weighted by Gasteiger charge is -2.18. The molecular formula is C13H18N2O. The van der Waals surface area contributed by atoms with Crippen molar-refractivity contribution in [3.63, 3.8) is 0 Å². The SMILES string of the molecule is Cc1cccc(C)c1C(=O)N1CCC(N)C1. The summed E-state index contributed by atoms with van der Waals surface area (Å²) < 4.78 is 0. The van der Waals surface area contributed by atoms with Gasteiger partial charge in [-0.2, -0.15) is 0 Å². The molecule has 1 aliphatic heterocycles. The highest BCUT2D eigenvalue weighted by Gasteiger charge is 2.26. The van der Waals surface area contributed by atoms with Gasteiger partial charge in [-0.25, -0.2) is 0 Å². The largest absolute Gasteiger partial charge is 0.337 e. The summed E-state index contributed by atoms with van der Waals surface area (Å²) in [6, 6.07) is 6.09. The van der Waals surface area contributed by atoms with Crippen molar-refractivity contribution in [2.75, 3.05) is 13.1 Å². The first-order valence-electron chi connectivity index (χ1n) is 5.70. The van der Waals surface area contributed by atoms with Crippen LogP contribution in [0.1, 0.15) is 27.9 Å². The molecule has 1 aliphatic rings. The van der Waals surface area contributed by atoms with Gasteiger partial charge in [0.25, 0.3) is 5.91 Å². The van der Waals surface area contributed by atoms with Gasteiger partial charge in [0.1, 0.15) is 0 Å². The fourth-order valence-corrected chi connectivity index (χ4v) is 2.28. The summed E-state index contributed by atoms with van der Waals surface area (Å²) >= 11 is 0. The van der Waals surface area contributed by atoms with Gasteiger partial charge in [0.15, 0.2) is 0 Å². The average Bonchev–Trinajstić information content (AvgIpc) is 2.64. The zero-order chi connectivity index (χ0) is 11.7. The lowest BCUT2D eigenvalue weighted by atomic mass is 10.0. The molecule has 1 aromatic carbocycles. The third kappa shape index (κ3) is 1.95. The number of aryl methyl sites for hydroxylation is 2. The van der Waals surface area contributed by atoms with E-state index in [4.69, 9.17) is 5.73 Å². The van der Waals surface area contributed by atoms with Gasteiger partial charge in [0.2, 0.25) is 0 Å². The predicted molar refractivity (Wildman–Crippen MR) is 64.4 cm³/mol. The van der Waals surface area contributed by atoms with Crippen LogP contribution < -0.4 is 5.73 Å². The van der Waals surface area contributed by atoms with Crippen LogP contribution in [-0.4, -0.2) is 29.9 Å². The number of nitrogens with two attached hydrogens (primary N) is 1. The Labute approximate surface area is 96.2 Å². The molecule has 86 valence electrons. The molecule has 1 atom stereocenters. The lowest BCUT2D eigenvalue weighted by molar-refractivity contribution is 0.0789. The molecule has 1 fully saturated rings. The highest BCUT2D eigenvalue weighted by molar-refractivity contribution is 5.97. The predicted octanol–water partition coefficient (Wildman–Crippen LogP) is 1.48. The minimum atomic E-state index is 0.128. The molecule has 0 spiro atoms. The number of nitrogens with zero attached hydrogens (tertiary/aromatic N) is 1. The maximum Gasteiger partial charge on any atom is 0.254 e. The maximum atomic E-state index is 12.3. The number of amides is 1. The molecule has 0 aliphatic carbocycles. The molecule has 0 radical (unpaired) electrons. The monoisotopic (exact) mass is 218 g/mol. The number of benzene rings is 1. The van der Waals surface area contributed by atoms with E-state index in [0.29, 0.717) is 6.54 Å². The normalized spacial score (nSPS) is 20.2. The van der Waals surface area contributed by atoms with Gasteiger partial charge >= 0.3 is 0 Å². The molecule has 0 bridgehead atoms. The number of hydrogen-bond acceptors (Lipinski definition) is 2. The van der Waals surface area contributed by atoms with Gasteiger partial charge in [0.05, 0.1) is 0 Å². The number of rotatable bonds is 1. The molecule has 1 aromatic rings. The topological polar surface area (TPSA) is 46.3 Å². The van der Waals surface area contributed by atoms with E-state index in [1.807, 2.05) is 36.9 Å². The first-order chi connectivity index (χ1) is 7.59. The second-order valence-corrected chi connectivity index (χ2v) is 4.57. The third-order valence-corrected chi connectivity index (χ3v) is 3.21. The van der Waals surface area contributed by atoms with Gasteiger partial charge in [-0.05, 0) is 31.4 Å². The van der Waals surface area contributed by atoms with Crippen molar-refractivity contribution in [3.05, 3.63) is 34.9 Å². The van der Waals surface area contributed by atoms with E-state index in [0.717, 1.165) is 29.7 Å². The van der Waals surface area contributed by atoms with Gasteiger partial charge in [-0.1, -0.05) is 18.2 Å². The highest BCUT2D eigenvalue weighted by atomic mass is 16.2. The summed E-state index contributed by atoms with van der Waals surface area (Å²) in [5.41, 5.74) is 8.76. The number of likely N-dealkylation sites (tertiary alicyclic amines) is 1. The van der Waals surface area contributed by atoms with E-state index in [-0.39, 0.29) is 11.9 Å². The first kappa shape index (κ1) is 11.1. The van der Waals surface area contributed by atoms with E-state index in [1.165, 1.54) is 0 Å². The highest BCUT2D eigenvalue weighted by Crippen LogP contribution is 2.18. The number of hydrogen-bond donors (Lipinski definition) is 1. The summed E-state index contributed by atoms with van der Waals surface area (Å²) in [6.45, 7) is 5.44. The lowest BCUT2D eigenvalue weighted by Crippen LogP contribution is -2.32. The zero-order valence-electron chi connectivity index (χ0n) is 9.86. The summed E-state index contributed by atoms with van der Waals surface area (Å²) in [4.78, 5) is 14.2. The summed E-state index contributed by atoms with van der Waals surface area (Å²) in [7, 11) is 0. The van der Waals surface area contributed by atoms with Crippen molar-refractivity contribution in [3.8, 4) is 0 Å². The van der Waals surface area contributed by atoms with Crippen molar-refractivity contribution in [2.45, 2.75) is 26.3 Å². The Morgan fingerprint density at radius 3 is 2.50 bits per heavy atom. The smallest absolute Gasteiger partial charge is 0.254 e. The molecule has 16 heavy (non-hydrogen) atoms. The number of carbonyl (C=O) groups is 1. The molecule has 0 saturated carbocycles. The van der Waals surface area contributed by atoms with Crippen molar-refractivity contribution in [1.82, 2.24) is 4.90 Å². The summed E-state index contributed by atoms with van der Waals surface area (Å²) in [5.74, 6) is 0.128. The van der Waals surface area contributed by atoms with Crippen molar-refractivity contribution < 1.29 is 4.79 Å². The molecule has 3 nitrogen and oxygen atoms in total. The molecule has 0 aromatic heterocycles. The van der Waals surface area contributed by atoms with Crippen molar-refractivity contribution in [1.29, 1.82) is 0 Å². The zero-order valence-corrected chi connectivity index (χ0v) is 9.86. The Kier molecular flexibility index (Phi) is 2.97. The van der Waals surface area contributed by atoms with E-state index < -0.39 is 0 Å². The molecule has 2 rings (SSSR count). The van der Waals surface area contributed by atoms with Crippen LogP contribution in [0.3, 0.4) is 0 Å². The van der Waals surface area contributed by atoms with Crippen LogP contribution in [0.5, 0.6) is 0 Å². The van der Waals surface area contributed by atoms with E-state index in [2.05, 4.69) is 0 Å². The second-order valence-electron chi connectivity index (χ2n) is 4.57. The van der Waals surface area contributed by atoms with Crippen molar-refractivity contribution in [2.24, 2.45) is 5.73 Å². The van der Waals surface area contributed by atoms with Crippen LogP contribution in [0.15, 0.2) is 18.2 Å². The van der Waals surface area contributed by atoms with Crippen LogP contribution in [0.25, 0.3) is 0 Å². The Morgan fingerprint density at radius 2 is 2.00 bits per heavy atom. The van der Waals surface area contributed by atoms with Crippen LogP contribution in [-0.2, 0) is 0 Å². The van der Waals surface area contributed by atoms with Gasteiger partial charge in [0, 0.05) is 24.7 Å². The van der Waals surface area contributed by atoms with Crippen LogP contribution in [0.2, 0.25) is 0 Å². The second kappa shape index (κ2) is 4.26. The van der Waals surface area contributed by atoms with Crippen molar-refractivity contribution >= 4 is 5.91 Å². The summed E-state index contributed by atoms with van der Waals surface area (Å²) in [6.07, 6.45) is 0.913. The Bertz CT molecular complexity index is 394. The first-order valence-corrected chi connectivity index (χ1v) is 5.70. The Morgan fingerprint density at radius 1 is 1.38 bits per heavy atom. The molecular weight excluding hydrogens is 200 g/mol. The third-order valence-electron chi connectivity index (χ3n) is 3.21. The number of carbonyl (C=O) groups excluding carboxylic acids is 1. The van der Waals surface area contributed by atoms with Gasteiger partial charge < -0.3 is 10.6 Å². The molecule has 1 heterocycles. The molecule has 1 amide bonds. The van der Waals surface area contributed by atoms with Crippen LogP contribution in [0, 0.1) is 13.8 Å². The van der Waals surface area contributed by atoms with E-state index in [1.54, 1.807) is 0 Å². The maximum absolute atomic E-state index is 12.3. The molecule has 1 unspecified atom stereocenters. The molecule has 2 N–H and O–H groups in total. The fourth-order valence-electron chi connectivity index (χ4n) is 2.28. The molecule has 1 saturated heterocycles. The minimum absolute atomic E-state index is 0.128. The van der Waals surface area contributed by atoms with Gasteiger partial charge in [-0.3, -0.25) is 4.79 Å². The quantitative estimate of drug-likeness (QED) is 0.776. The van der Waals surface area contributed by atoms with E-state index >= 15 is 0 Å². The van der Waals surface area contributed by atoms with Crippen LogP contribution >= 0.6 is 0 Å². The van der Waals surface area contributed by atoms with Gasteiger partial charge in [-0.15, -0.1) is 0 Å². The minimum Gasteiger partial charge on any atom is -0.337 e. The summed E-state index contributed by atoms with van der Waals surface area (Å²) in [5, 5.41) is 0. The average molecular weight is 218 g/mol.